The molecule has 2 heterocycles. The smallest absolute Gasteiger partial charge is 0.369 e. The van der Waals surface area contributed by atoms with Gasteiger partial charge in [0.2, 0.25) is 0 Å². The number of ether oxygens (including phenoxy) is 1. The molecule has 0 bridgehead atoms. The fourth-order valence-electron chi connectivity index (χ4n) is 3.94. The van der Waals surface area contributed by atoms with Crippen LogP contribution in [0.2, 0.25) is 0 Å². The molecule has 0 spiro atoms. The molecule has 0 aromatic carbocycles. The lowest BCUT2D eigenvalue weighted by molar-refractivity contribution is -0.183. The summed E-state index contributed by atoms with van der Waals surface area (Å²) in [5, 5.41) is 3.57. The van der Waals surface area contributed by atoms with Gasteiger partial charge in [-0.3, -0.25) is 0 Å². The minimum atomic E-state index is -4.05. The third-order valence-corrected chi connectivity index (χ3v) is 5.31. The molecule has 1 aliphatic heterocycles. The van der Waals surface area contributed by atoms with Crippen LogP contribution >= 0.6 is 0 Å². The number of imidazole rings is 1. The van der Waals surface area contributed by atoms with Crippen LogP contribution in [-0.4, -0.2) is 34.4 Å². The zero-order chi connectivity index (χ0) is 17.2. The van der Waals surface area contributed by atoms with Gasteiger partial charge in [-0.15, -0.1) is 0 Å². The van der Waals surface area contributed by atoms with Crippen LogP contribution in [0.1, 0.15) is 57.4 Å². The summed E-state index contributed by atoms with van der Waals surface area (Å²) in [5.74, 6) is -0.216. The molecular formula is C17H26F3N3O. The third-order valence-electron chi connectivity index (χ3n) is 5.31. The highest BCUT2D eigenvalue weighted by Gasteiger charge is 2.42. The van der Waals surface area contributed by atoms with Crippen molar-refractivity contribution >= 4 is 0 Å². The maximum absolute atomic E-state index is 12.8. The predicted octanol–water partition coefficient (Wildman–Crippen LogP) is 3.83. The zero-order valence-electron chi connectivity index (χ0n) is 14.1. The van der Waals surface area contributed by atoms with Crippen LogP contribution in [0.4, 0.5) is 13.2 Å². The molecule has 2 fully saturated rings. The van der Waals surface area contributed by atoms with Crippen molar-refractivity contribution in [3.8, 4) is 0 Å². The lowest BCUT2D eigenvalue weighted by Crippen LogP contribution is -2.47. The number of rotatable bonds is 4. The van der Waals surface area contributed by atoms with Crippen LogP contribution in [0.25, 0.3) is 0 Å². The molecule has 4 nitrogen and oxygen atoms in total. The van der Waals surface area contributed by atoms with Crippen LogP contribution in [0.3, 0.4) is 0 Å². The van der Waals surface area contributed by atoms with Crippen molar-refractivity contribution in [3.63, 3.8) is 0 Å². The van der Waals surface area contributed by atoms with E-state index in [-0.39, 0.29) is 31.0 Å². The van der Waals surface area contributed by atoms with Crippen molar-refractivity contribution < 1.29 is 17.9 Å². The molecular weight excluding hydrogens is 319 g/mol. The molecule has 1 aromatic heterocycles. The van der Waals surface area contributed by atoms with Gasteiger partial charge in [-0.25, -0.2) is 4.98 Å². The van der Waals surface area contributed by atoms with Crippen LogP contribution in [-0.2, 0) is 11.3 Å². The maximum atomic E-state index is 12.8. The number of alkyl halides is 3. The third kappa shape index (κ3) is 3.94. The minimum absolute atomic E-state index is 0.117. The number of hydrogen-bond donors (Lipinski definition) is 1. The minimum Gasteiger partial charge on any atom is -0.369 e. The van der Waals surface area contributed by atoms with Crippen molar-refractivity contribution in [2.45, 2.75) is 76.4 Å². The fraction of sp³-hybridized carbons (Fsp3) is 0.824. The number of nitrogens with zero attached hydrogens (tertiary/aromatic N) is 2. The van der Waals surface area contributed by atoms with Crippen molar-refractivity contribution in [2.75, 3.05) is 6.61 Å². The molecule has 2 atom stereocenters. The summed E-state index contributed by atoms with van der Waals surface area (Å²) in [7, 11) is 0. The van der Waals surface area contributed by atoms with E-state index < -0.39 is 12.1 Å². The first-order chi connectivity index (χ1) is 11.5. The summed E-state index contributed by atoms with van der Waals surface area (Å²) in [6.07, 6.45) is 3.11. The van der Waals surface area contributed by atoms with E-state index in [2.05, 4.69) is 21.8 Å². The molecule has 0 radical (unpaired) electrons. The fourth-order valence-corrected chi connectivity index (χ4v) is 3.94. The van der Waals surface area contributed by atoms with Crippen molar-refractivity contribution in [1.29, 1.82) is 0 Å². The number of aryl methyl sites for hydroxylation is 1. The molecule has 24 heavy (non-hydrogen) atoms. The first kappa shape index (κ1) is 17.7. The van der Waals surface area contributed by atoms with Crippen LogP contribution in [0.5, 0.6) is 0 Å². The largest absolute Gasteiger partial charge is 0.391 e. The zero-order valence-corrected chi connectivity index (χ0v) is 14.1. The Balaban J connectivity index is 1.61. The average molecular weight is 345 g/mol. The molecule has 1 saturated carbocycles. The number of halogens is 3. The van der Waals surface area contributed by atoms with Gasteiger partial charge < -0.3 is 14.6 Å². The molecule has 1 saturated heterocycles. The maximum Gasteiger partial charge on any atom is 0.391 e. The van der Waals surface area contributed by atoms with Gasteiger partial charge in [0.1, 0.15) is 11.9 Å². The number of aromatic nitrogens is 2. The lowest BCUT2D eigenvalue weighted by atomic mass is 9.85. The Morgan fingerprint density at radius 1 is 1.25 bits per heavy atom. The van der Waals surface area contributed by atoms with Crippen molar-refractivity contribution in [1.82, 2.24) is 14.9 Å². The summed E-state index contributed by atoms with van der Waals surface area (Å²) >= 11 is 0. The number of nitrogens with one attached hydrogen (secondary N) is 1. The molecule has 0 unspecified atom stereocenters. The Morgan fingerprint density at radius 2 is 2.00 bits per heavy atom. The quantitative estimate of drug-likeness (QED) is 0.901. The lowest BCUT2D eigenvalue weighted by Gasteiger charge is -2.37. The Labute approximate surface area is 140 Å². The summed E-state index contributed by atoms with van der Waals surface area (Å²) < 4.78 is 46.5. The van der Waals surface area contributed by atoms with E-state index in [1.54, 1.807) is 6.20 Å². The molecule has 3 rings (SSSR count). The highest BCUT2D eigenvalue weighted by Crippen LogP contribution is 2.38. The van der Waals surface area contributed by atoms with E-state index in [4.69, 9.17) is 4.74 Å². The monoisotopic (exact) mass is 345 g/mol. The second-order valence-corrected chi connectivity index (χ2v) is 6.87. The summed E-state index contributed by atoms with van der Waals surface area (Å²) in [6, 6.07) is 0.265. The van der Waals surface area contributed by atoms with Gasteiger partial charge in [-0.1, -0.05) is 0 Å². The highest BCUT2D eigenvalue weighted by atomic mass is 19.4. The molecule has 2 aliphatic rings. The Bertz CT molecular complexity index is 523. The first-order valence-corrected chi connectivity index (χ1v) is 8.94. The van der Waals surface area contributed by atoms with Crippen LogP contribution in [0.15, 0.2) is 12.4 Å². The van der Waals surface area contributed by atoms with Gasteiger partial charge in [0.25, 0.3) is 0 Å². The normalized spacial score (nSPS) is 32.0. The van der Waals surface area contributed by atoms with Gasteiger partial charge in [0.05, 0.1) is 5.92 Å². The van der Waals surface area contributed by atoms with E-state index in [1.165, 1.54) is 0 Å². The van der Waals surface area contributed by atoms with Crippen LogP contribution < -0.4 is 5.32 Å². The second kappa shape index (κ2) is 7.44. The Morgan fingerprint density at radius 3 is 2.67 bits per heavy atom. The predicted molar refractivity (Wildman–Crippen MR) is 84.6 cm³/mol. The molecule has 1 aliphatic carbocycles. The van der Waals surface area contributed by atoms with Crippen molar-refractivity contribution in [3.05, 3.63) is 18.2 Å². The van der Waals surface area contributed by atoms with E-state index in [9.17, 15) is 13.2 Å². The Kier molecular flexibility index (Phi) is 5.49. The first-order valence-electron chi connectivity index (χ1n) is 8.94. The van der Waals surface area contributed by atoms with E-state index in [0.717, 1.165) is 25.2 Å². The van der Waals surface area contributed by atoms with E-state index in [1.807, 2.05) is 6.20 Å². The van der Waals surface area contributed by atoms with Crippen molar-refractivity contribution in [2.24, 2.45) is 5.92 Å². The van der Waals surface area contributed by atoms with Gasteiger partial charge in [-0.05, 0) is 45.4 Å². The van der Waals surface area contributed by atoms with E-state index in [0.29, 0.717) is 19.4 Å². The van der Waals surface area contributed by atoms with E-state index >= 15 is 0 Å². The Hall–Kier alpha value is -1.08. The van der Waals surface area contributed by atoms with Crippen LogP contribution in [0, 0.1) is 5.92 Å². The van der Waals surface area contributed by atoms with Gasteiger partial charge in [-0.2, -0.15) is 13.2 Å². The van der Waals surface area contributed by atoms with Gasteiger partial charge in [0, 0.05) is 37.6 Å². The van der Waals surface area contributed by atoms with Gasteiger partial charge in [0.15, 0.2) is 0 Å². The topological polar surface area (TPSA) is 39.1 Å². The SMILES string of the molecule is CCn1ccnc1[C@H]1OCCC[C@@H]1NC1CCC(C(F)(F)F)CC1. The summed E-state index contributed by atoms with van der Waals surface area (Å²) in [4.78, 5) is 4.45. The second-order valence-electron chi connectivity index (χ2n) is 6.87. The highest BCUT2D eigenvalue weighted by molar-refractivity contribution is 5.03. The summed E-state index contributed by atoms with van der Waals surface area (Å²) in [5.41, 5.74) is 0. The molecule has 7 heteroatoms. The molecule has 0 amide bonds. The molecule has 1 N–H and O–H groups in total. The standard InChI is InChI=1S/C17H26F3N3O/c1-2-23-10-9-21-16(23)15-14(4-3-11-24-15)22-13-7-5-12(6-8-13)17(18,19)20/h9-10,12-15,22H,2-8,11H2,1H3/t12?,13?,14-,15-/m0/s1. The number of hydrogen-bond acceptors (Lipinski definition) is 3. The molecule has 1 aromatic rings. The summed E-state index contributed by atoms with van der Waals surface area (Å²) in [6.45, 7) is 3.60. The van der Waals surface area contributed by atoms with Gasteiger partial charge >= 0.3 is 6.18 Å². The molecule has 136 valence electrons. The average Bonchev–Trinajstić information content (AvgIpc) is 3.03.